The molecule has 1 heterocycles. The van der Waals surface area contributed by atoms with Crippen LogP contribution >= 0.6 is 0 Å². The Hall–Kier alpha value is -0.530. The van der Waals surface area contributed by atoms with Crippen molar-refractivity contribution in [3.63, 3.8) is 0 Å². The third-order valence-corrected chi connectivity index (χ3v) is 3.32. The zero-order valence-electron chi connectivity index (χ0n) is 7.94. The molecule has 0 radical (unpaired) electrons. The molecule has 2 heteroatoms. The summed E-state index contributed by atoms with van der Waals surface area (Å²) < 4.78 is 0. The summed E-state index contributed by atoms with van der Waals surface area (Å²) in [5.74, 6) is 0. The predicted molar refractivity (Wildman–Crippen MR) is 49.0 cm³/mol. The summed E-state index contributed by atoms with van der Waals surface area (Å²) in [4.78, 5) is 4.47. The molecule has 1 aliphatic rings. The average Bonchev–Trinajstić information content (AvgIpc) is 2.31. The molecule has 11 heavy (non-hydrogen) atoms. The van der Waals surface area contributed by atoms with E-state index >= 15 is 0 Å². The van der Waals surface area contributed by atoms with Crippen LogP contribution in [0.15, 0.2) is 4.99 Å². The van der Waals surface area contributed by atoms with Crippen LogP contribution < -0.4 is 5.32 Å². The fourth-order valence-corrected chi connectivity index (χ4v) is 1.58. The van der Waals surface area contributed by atoms with E-state index in [9.17, 15) is 0 Å². The van der Waals surface area contributed by atoms with Crippen LogP contribution in [0.3, 0.4) is 0 Å². The molecule has 2 atom stereocenters. The smallest absolute Gasteiger partial charge is 0.0836 e. The number of hydrogen-bond acceptors (Lipinski definition) is 2. The molecular weight excluding hydrogens is 136 g/mol. The Morgan fingerprint density at radius 3 is 2.27 bits per heavy atom. The summed E-state index contributed by atoms with van der Waals surface area (Å²) >= 11 is 0. The molecule has 1 N–H and O–H groups in total. The maximum absolute atomic E-state index is 4.47. The van der Waals surface area contributed by atoms with E-state index in [0.29, 0.717) is 0 Å². The fraction of sp³-hybridized carbons (Fsp3) is 0.889. The molecule has 0 saturated carbocycles. The summed E-state index contributed by atoms with van der Waals surface area (Å²) in [6.07, 6.45) is 4.07. The molecule has 0 aliphatic carbocycles. The van der Waals surface area contributed by atoms with Crippen LogP contribution in [0, 0.1) is 0 Å². The van der Waals surface area contributed by atoms with Crippen molar-refractivity contribution >= 4 is 6.34 Å². The lowest BCUT2D eigenvalue weighted by atomic mass is 9.77. The van der Waals surface area contributed by atoms with Gasteiger partial charge < -0.3 is 5.32 Å². The van der Waals surface area contributed by atoms with Gasteiger partial charge in [-0.3, -0.25) is 4.99 Å². The lowest BCUT2D eigenvalue weighted by Crippen LogP contribution is -2.52. The van der Waals surface area contributed by atoms with E-state index in [2.05, 4.69) is 38.0 Å². The Morgan fingerprint density at radius 2 is 1.91 bits per heavy atom. The van der Waals surface area contributed by atoms with E-state index in [0.717, 1.165) is 12.8 Å². The van der Waals surface area contributed by atoms with Crippen LogP contribution in [0.2, 0.25) is 0 Å². The quantitative estimate of drug-likeness (QED) is 0.646. The predicted octanol–water partition coefficient (Wildman–Crippen LogP) is 1.96. The van der Waals surface area contributed by atoms with E-state index in [-0.39, 0.29) is 11.1 Å². The van der Waals surface area contributed by atoms with Crippen LogP contribution in [-0.4, -0.2) is 17.4 Å². The van der Waals surface area contributed by atoms with Crippen LogP contribution in [-0.2, 0) is 0 Å². The van der Waals surface area contributed by atoms with Gasteiger partial charge in [-0.2, -0.15) is 0 Å². The van der Waals surface area contributed by atoms with E-state index < -0.39 is 0 Å². The van der Waals surface area contributed by atoms with Crippen LogP contribution in [0.25, 0.3) is 0 Å². The van der Waals surface area contributed by atoms with Gasteiger partial charge in [0.2, 0.25) is 0 Å². The van der Waals surface area contributed by atoms with Gasteiger partial charge in [-0.15, -0.1) is 0 Å². The minimum absolute atomic E-state index is 0.0990. The summed E-state index contributed by atoms with van der Waals surface area (Å²) in [5, 5.41) is 3.33. The number of rotatable bonds is 2. The third kappa shape index (κ3) is 1.05. The Kier molecular flexibility index (Phi) is 1.95. The first-order valence-electron chi connectivity index (χ1n) is 4.39. The number of nitrogens with one attached hydrogen (secondary N) is 1. The largest absolute Gasteiger partial charge is 0.369 e. The van der Waals surface area contributed by atoms with Crippen molar-refractivity contribution in [2.24, 2.45) is 4.99 Å². The first kappa shape index (κ1) is 8.57. The van der Waals surface area contributed by atoms with Gasteiger partial charge in [-0.05, 0) is 26.7 Å². The van der Waals surface area contributed by atoms with Gasteiger partial charge in [0, 0.05) is 0 Å². The van der Waals surface area contributed by atoms with Crippen molar-refractivity contribution in [2.45, 2.75) is 51.6 Å². The molecular formula is C9H18N2. The van der Waals surface area contributed by atoms with E-state index in [1.165, 1.54) is 0 Å². The molecule has 0 amide bonds. The van der Waals surface area contributed by atoms with Gasteiger partial charge in [0.25, 0.3) is 0 Å². The highest BCUT2D eigenvalue weighted by Crippen LogP contribution is 2.34. The zero-order chi connectivity index (χ0) is 8.54. The lowest BCUT2D eigenvalue weighted by molar-refractivity contribution is 0.245. The van der Waals surface area contributed by atoms with Crippen LogP contribution in [0.4, 0.5) is 0 Å². The Morgan fingerprint density at radius 1 is 1.27 bits per heavy atom. The SMILES string of the molecule is CCC1(C)N=CNC1(C)CC. The third-order valence-electron chi connectivity index (χ3n) is 3.32. The van der Waals surface area contributed by atoms with Crippen molar-refractivity contribution < 1.29 is 0 Å². The van der Waals surface area contributed by atoms with Crippen LogP contribution in [0.1, 0.15) is 40.5 Å². The molecule has 2 nitrogen and oxygen atoms in total. The molecule has 0 aromatic heterocycles. The molecule has 2 unspecified atom stereocenters. The van der Waals surface area contributed by atoms with Gasteiger partial charge in [-0.25, -0.2) is 0 Å². The summed E-state index contributed by atoms with van der Waals surface area (Å²) in [6, 6.07) is 0. The fourth-order valence-electron chi connectivity index (χ4n) is 1.58. The second kappa shape index (κ2) is 2.50. The Bertz CT molecular complexity index is 176. The summed E-state index contributed by atoms with van der Waals surface area (Å²) in [5.41, 5.74) is 0.267. The second-order valence-corrected chi connectivity index (χ2v) is 3.72. The Balaban J connectivity index is 2.86. The second-order valence-electron chi connectivity index (χ2n) is 3.72. The maximum Gasteiger partial charge on any atom is 0.0836 e. The van der Waals surface area contributed by atoms with Crippen molar-refractivity contribution in [3.05, 3.63) is 0 Å². The number of nitrogens with zero attached hydrogens (tertiary/aromatic N) is 1. The zero-order valence-corrected chi connectivity index (χ0v) is 7.94. The summed E-state index contributed by atoms with van der Waals surface area (Å²) in [7, 11) is 0. The molecule has 0 fully saturated rings. The van der Waals surface area contributed by atoms with Crippen molar-refractivity contribution in [3.8, 4) is 0 Å². The first-order valence-corrected chi connectivity index (χ1v) is 4.39. The molecule has 64 valence electrons. The minimum Gasteiger partial charge on any atom is -0.369 e. The number of hydrogen-bond donors (Lipinski definition) is 1. The summed E-state index contributed by atoms with van der Waals surface area (Å²) in [6.45, 7) is 8.85. The van der Waals surface area contributed by atoms with Crippen LogP contribution in [0.5, 0.6) is 0 Å². The van der Waals surface area contributed by atoms with Gasteiger partial charge in [0.15, 0.2) is 0 Å². The van der Waals surface area contributed by atoms with Crippen molar-refractivity contribution in [1.82, 2.24) is 5.32 Å². The molecule has 1 rings (SSSR count). The van der Waals surface area contributed by atoms with E-state index in [1.807, 2.05) is 6.34 Å². The van der Waals surface area contributed by atoms with E-state index in [1.54, 1.807) is 0 Å². The molecule has 1 aliphatic heterocycles. The Labute approximate surface area is 69.1 Å². The first-order chi connectivity index (χ1) is 5.08. The van der Waals surface area contributed by atoms with Gasteiger partial charge in [0.1, 0.15) is 0 Å². The highest BCUT2D eigenvalue weighted by molar-refractivity contribution is 5.61. The molecule has 0 spiro atoms. The average molecular weight is 154 g/mol. The highest BCUT2D eigenvalue weighted by atomic mass is 15.2. The van der Waals surface area contributed by atoms with Gasteiger partial charge >= 0.3 is 0 Å². The molecule has 0 aromatic rings. The number of aliphatic imine (C=N–C) groups is 1. The maximum atomic E-state index is 4.47. The van der Waals surface area contributed by atoms with Crippen molar-refractivity contribution in [2.75, 3.05) is 0 Å². The normalized spacial score (nSPS) is 42.5. The van der Waals surface area contributed by atoms with Crippen molar-refractivity contribution in [1.29, 1.82) is 0 Å². The van der Waals surface area contributed by atoms with E-state index in [4.69, 9.17) is 0 Å². The monoisotopic (exact) mass is 154 g/mol. The highest BCUT2D eigenvalue weighted by Gasteiger charge is 2.44. The minimum atomic E-state index is 0.0990. The molecule has 0 aromatic carbocycles. The molecule has 0 bridgehead atoms. The van der Waals surface area contributed by atoms with Gasteiger partial charge in [-0.1, -0.05) is 13.8 Å². The molecule has 0 saturated heterocycles. The standard InChI is InChI=1S/C9H18N2/c1-5-8(3)9(4,6-2)11-7-10-8/h7H,5-6H2,1-4H3,(H,10,11). The topological polar surface area (TPSA) is 24.4 Å². The van der Waals surface area contributed by atoms with Gasteiger partial charge in [0.05, 0.1) is 17.4 Å². The lowest BCUT2D eigenvalue weighted by Gasteiger charge is -2.37.